The molecular weight excluding hydrogens is 304 g/mol. The summed E-state index contributed by atoms with van der Waals surface area (Å²) in [4.78, 5) is 8.32. The van der Waals surface area contributed by atoms with Crippen molar-refractivity contribution in [2.24, 2.45) is 0 Å². The number of hydrogen-bond donors (Lipinski definition) is 2. The van der Waals surface area contributed by atoms with E-state index in [2.05, 4.69) is 15.3 Å². The van der Waals surface area contributed by atoms with Gasteiger partial charge in [0, 0.05) is 5.69 Å². The molecule has 0 atom stereocenters. The number of anilines is 3. The molecule has 0 amide bonds. The van der Waals surface area contributed by atoms with Crippen LogP contribution in [0.2, 0.25) is 0 Å². The van der Waals surface area contributed by atoms with Gasteiger partial charge >= 0.3 is 0 Å². The third-order valence-corrected chi connectivity index (χ3v) is 3.52. The fraction of sp³-hybridized carbons (Fsp3) is 0.111. The van der Waals surface area contributed by atoms with Crippen LogP contribution in [0.15, 0.2) is 54.9 Å². The van der Waals surface area contributed by atoms with Crippen molar-refractivity contribution < 1.29 is 9.47 Å². The maximum Gasteiger partial charge on any atom is 0.248 e. The summed E-state index contributed by atoms with van der Waals surface area (Å²) in [7, 11) is 1.58. The van der Waals surface area contributed by atoms with Crippen LogP contribution >= 0.6 is 0 Å². The van der Waals surface area contributed by atoms with Gasteiger partial charge in [0.2, 0.25) is 5.88 Å². The van der Waals surface area contributed by atoms with Crippen LogP contribution in [0.1, 0.15) is 5.56 Å². The molecule has 6 heteroatoms. The lowest BCUT2D eigenvalue weighted by atomic mass is 10.2. The Morgan fingerprint density at radius 3 is 2.42 bits per heavy atom. The van der Waals surface area contributed by atoms with E-state index in [0.29, 0.717) is 23.0 Å². The SMILES string of the molecule is COc1ccccc1Oc1ncnc(Nc2ccccc2C)c1N. The van der Waals surface area contributed by atoms with Crippen LogP contribution in [0.3, 0.4) is 0 Å². The fourth-order valence-electron chi connectivity index (χ4n) is 2.21. The number of nitrogens with zero attached hydrogens (tertiary/aromatic N) is 2. The first-order valence-corrected chi connectivity index (χ1v) is 7.43. The number of aryl methyl sites for hydroxylation is 1. The molecule has 0 fully saturated rings. The van der Waals surface area contributed by atoms with E-state index < -0.39 is 0 Å². The Balaban J connectivity index is 1.90. The number of aromatic nitrogens is 2. The Morgan fingerprint density at radius 2 is 1.67 bits per heavy atom. The summed E-state index contributed by atoms with van der Waals surface area (Å²) >= 11 is 0. The summed E-state index contributed by atoms with van der Waals surface area (Å²) in [6.07, 6.45) is 1.40. The van der Waals surface area contributed by atoms with Crippen LogP contribution in [-0.4, -0.2) is 17.1 Å². The van der Waals surface area contributed by atoms with Gasteiger partial charge in [-0.15, -0.1) is 0 Å². The van der Waals surface area contributed by atoms with Crippen LogP contribution in [-0.2, 0) is 0 Å². The number of nitrogen functional groups attached to an aromatic ring is 1. The normalized spacial score (nSPS) is 10.2. The minimum Gasteiger partial charge on any atom is -0.493 e. The highest BCUT2D eigenvalue weighted by Gasteiger charge is 2.13. The molecule has 24 heavy (non-hydrogen) atoms. The van der Waals surface area contributed by atoms with Crippen molar-refractivity contribution in [3.05, 3.63) is 60.4 Å². The van der Waals surface area contributed by atoms with E-state index in [1.165, 1.54) is 6.33 Å². The average Bonchev–Trinajstić information content (AvgIpc) is 2.61. The summed E-state index contributed by atoms with van der Waals surface area (Å²) in [5.41, 5.74) is 8.50. The standard InChI is InChI=1S/C18H18N4O2/c1-12-7-3-4-8-13(12)22-17-16(19)18(21-11-20-17)24-15-10-6-5-9-14(15)23-2/h3-11H,19H2,1-2H3,(H,20,21,22). The highest BCUT2D eigenvalue weighted by atomic mass is 16.5. The Bertz CT molecular complexity index is 852. The van der Waals surface area contributed by atoms with Crippen molar-refractivity contribution in [1.29, 1.82) is 0 Å². The van der Waals surface area contributed by atoms with Gasteiger partial charge in [-0.05, 0) is 30.7 Å². The number of methoxy groups -OCH3 is 1. The van der Waals surface area contributed by atoms with Crippen LogP contribution in [0.5, 0.6) is 17.4 Å². The van der Waals surface area contributed by atoms with Gasteiger partial charge in [0.05, 0.1) is 7.11 Å². The largest absolute Gasteiger partial charge is 0.493 e. The van der Waals surface area contributed by atoms with E-state index >= 15 is 0 Å². The average molecular weight is 322 g/mol. The van der Waals surface area contributed by atoms with Crippen molar-refractivity contribution >= 4 is 17.2 Å². The van der Waals surface area contributed by atoms with Crippen molar-refractivity contribution in [3.63, 3.8) is 0 Å². The Hall–Kier alpha value is -3.28. The molecule has 3 aromatic rings. The molecule has 0 spiro atoms. The van der Waals surface area contributed by atoms with Gasteiger partial charge in [0.15, 0.2) is 17.3 Å². The number of rotatable bonds is 5. The van der Waals surface area contributed by atoms with E-state index in [1.807, 2.05) is 43.3 Å². The van der Waals surface area contributed by atoms with E-state index in [9.17, 15) is 0 Å². The van der Waals surface area contributed by atoms with Crippen LogP contribution in [0.4, 0.5) is 17.2 Å². The lowest BCUT2D eigenvalue weighted by molar-refractivity contribution is 0.374. The predicted octanol–water partition coefficient (Wildman–Crippen LogP) is 3.91. The maximum atomic E-state index is 6.17. The molecule has 1 aromatic heterocycles. The van der Waals surface area contributed by atoms with Gasteiger partial charge in [-0.3, -0.25) is 0 Å². The summed E-state index contributed by atoms with van der Waals surface area (Å²) in [5, 5.41) is 3.21. The summed E-state index contributed by atoms with van der Waals surface area (Å²) in [6, 6.07) is 15.2. The monoisotopic (exact) mass is 322 g/mol. The van der Waals surface area contributed by atoms with Crippen molar-refractivity contribution in [2.45, 2.75) is 6.92 Å². The number of ether oxygens (including phenoxy) is 2. The van der Waals surface area contributed by atoms with E-state index in [1.54, 1.807) is 19.2 Å². The molecule has 6 nitrogen and oxygen atoms in total. The number of para-hydroxylation sites is 3. The first-order chi connectivity index (χ1) is 11.7. The molecule has 0 radical (unpaired) electrons. The summed E-state index contributed by atoms with van der Waals surface area (Å²) in [5.74, 6) is 1.89. The molecule has 1 heterocycles. The first kappa shape index (κ1) is 15.6. The first-order valence-electron chi connectivity index (χ1n) is 7.43. The highest BCUT2D eigenvalue weighted by Crippen LogP contribution is 2.35. The third-order valence-electron chi connectivity index (χ3n) is 3.52. The molecule has 0 aliphatic rings. The quantitative estimate of drug-likeness (QED) is 0.741. The molecule has 0 unspecified atom stereocenters. The number of hydrogen-bond acceptors (Lipinski definition) is 6. The molecule has 0 aliphatic carbocycles. The van der Waals surface area contributed by atoms with Crippen molar-refractivity contribution in [1.82, 2.24) is 9.97 Å². The lowest BCUT2D eigenvalue weighted by Gasteiger charge is -2.14. The third kappa shape index (κ3) is 3.22. The Labute approximate surface area is 140 Å². The highest BCUT2D eigenvalue weighted by molar-refractivity contribution is 5.73. The fourth-order valence-corrected chi connectivity index (χ4v) is 2.21. The second-order valence-electron chi connectivity index (χ2n) is 5.13. The number of nitrogens with one attached hydrogen (secondary N) is 1. The second-order valence-corrected chi connectivity index (χ2v) is 5.13. The van der Waals surface area contributed by atoms with E-state index in [0.717, 1.165) is 11.3 Å². The van der Waals surface area contributed by atoms with Gasteiger partial charge in [0.1, 0.15) is 12.0 Å². The molecule has 0 saturated carbocycles. The van der Waals surface area contributed by atoms with Crippen molar-refractivity contribution in [2.75, 3.05) is 18.2 Å². The zero-order chi connectivity index (χ0) is 16.9. The predicted molar refractivity (Wildman–Crippen MR) is 94.0 cm³/mol. The van der Waals surface area contributed by atoms with Crippen LogP contribution in [0.25, 0.3) is 0 Å². The second kappa shape index (κ2) is 6.87. The smallest absolute Gasteiger partial charge is 0.248 e. The van der Waals surface area contributed by atoms with Gasteiger partial charge in [0.25, 0.3) is 0 Å². The van der Waals surface area contributed by atoms with Crippen LogP contribution < -0.4 is 20.5 Å². The van der Waals surface area contributed by atoms with Gasteiger partial charge in [-0.2, -0.15) is 4.98 Å². The van der Waals surface area contributed by atoms with Gasteiger partial charge in [-0.1, -0.05) is 30.3 Å². The summed E-state index contributed by atoms with van der Waals surface area (Å²) in [6.45, 7) is 2.01. The van der Waals surface area contributed by atoms with Crippen molar-refractivity contribution in [3.8, 4) is 17.4 Å². The molecular formula is C18H18N4O2. The molecule has 0 bridgehead atoms. The zero-order valence-corrected chi connectivity index (χ0v) is 13.5. The molecule has 0 aliphatic heterocycles. The molecule has 2 aromatic carbocycles. The topological polar surface area (TPSA) is 82.3 Å². The molecule has 3 rings (SSSR count). The Kier molecular flexibility index (Phi) is 4.47. The minimum absolute atomic E-state index is 0.269. The van der Waals surface area contributed by atoms with Gasteiger partial charge in [-0.25, -0.2) is 4.98 Å². The molecule has 3 N–H and O–H groups in total. The molecule has 122 valence electrons. The van der Waals surface area contributed by atoms with Crippen LogP contribution in [0, 0.1) is 6.92 Å². The Morgan fingerprint density at radius 1 is 0.958 bits per heavy atom. The minimum atomic E-state index is 0.269. The number of nitrogens with two attached hydrogens (primary N) is 1. The van der Waals surface area contributed by atoms with E-state index in [4.69, 9.17) is 15.2 Å². The molecule has 0 saturated heterocycles. The maximum absolute atomic E-state index is 6.17. The van der Waals surface area contributed by atoms with E-state index in [-0.39, 0.29) is 5.88 Å². The lowest BCUT2D eigenvalue weighted by Crippen LogP contribution is -2.04. The number of benzene rings is 2. The van der Waals surface area contributed by atoms with Gasteiger partial charge < -0.3 is 20.5 Å². The summed E-state index contributed by atoms with van der Waals surface area (Å²) < 4.78 is 11.1. The zero-order valence-electron chi connectivity index (χ0n) is 13.5.